The fourth-order valence-electron chi connectivity index (χ4n) is 1.50. The summed E-state index contributed by atoms with van der Waals surface area (Å²) in [5, 5.41) is 2.79. The molecule has 0 heterocycles. The first kappa shape index (κ1) is 15.8. The van der Waals surface area contributed by atoms with Gasteiger partial charge in [0.1, 0.15) is 0 Å². The molecule has 0 aromatic heterocycles. The van der Waals surface area contributed by atoms with Gasteiger partial charge in [-0.15, -0.1) is 0 Å². The van der Waals surface area contributed by atoms with Crippen LogP contribution in [0.5, 0.6) is 0 Å². The van der Waals surface area contributed by atoms with Gasteiger partial charge in [0.25, 0.3) is 0 Å². The number of ether oxygens (including phenoxy) is 1. The first-order valence-electron chi connectivity index (χ1n) is 6.37. The molecule has 1 aromatic rings. The summed E-state index contributed by atoms with van der Waals surface area (Å²) in [6.07, 6.45) is 2.97. The third kappa shape index (κ3) is 4.76. The Morgan fingerprint density at radius 1 is 1.35 bits per heavy atom. The van der Waals surface area contributed by atoms with Crippen LogP contribution in [-0.4, -0.2) is 37.6 Å². The van der Waals surface area contributed by atoms with Gasteiger partial charge >= 0.3 is 12.0 Å². The van der Waals surface area contributed by atoms with E-state index < -0.39 is 5.97 Å². The summed E-state index contributed by atoms with van der Waals surface area (Å²) in [4.78, 5) is 24.5. The van der Waals surface area contributed by atoms with Crippen molar-refractivity contribution in [1.82, 2.24) is 4.90 Å². The lowest BCUT2D eigenvalue weighted by molar-refractivity contribution is -0.137. The number of carbonyl (C=O) groups is 2. The van der Waals surface area contributed by atoms with Crippen molar-refractivity contribution in [3.05, 3.63) is 35.4 Å². The maximum Gasteiger partial charge on any atom is 0.330 e. The van der Waals surface area contributed by atoms with Gasteiger partial charge in [0.05, 0.1) is 6.61 Å². The standard InChI is InChI=1S/C15H20N2O3/c1-5-20-14(18)9-8-12-7-6-11(2)10-13(12)16-15(19)17(3)4/h6-10H,5H2,1-4H3,(H,16,19). The number of carbonyl (C=O) groups excluding carboxylic acids is 2. The molecular formula is C15H20N2O3. The molecule has 1 aromatic carbocycles. The molecule has 0 spiro atoms. The van der Waals surface area contributed by atoms with Crippen molar-refractivity contribution < 1.29 is 14.3 Å². The second-order valence-corrected chi connectivity index (χ2v) is 4.50. The van der Waals surface area contributed by atoms with E-state index in [-0.39, 0.29) is 6.03 Å². The molecule has 20 heavy (non-hydrogen) atoms. The fraction of sp³-hybridized carbons (Fsp3) is 0.333. The van der Waals surface area contributed by atoms with E-state index in [0.29, 0.717) is 12.3 Å². The maximum absolute atomic E-state index is 11.7. The van der Waals surface area contributed by atoms with E-state index in [0.717, 1.165) is 11.1 Å². The smallest absolute Gasteiger partial charge is 0.330 e. The largest absolute Gasteiger partial charge is 0.463 e. The Bertz CT molecular complexity index is 522. The summed E-state index contributed by atoms with van der Waals surface area (Å²) in [5.74, 6) is -0.405. The van der Waals surface area contributed by atoms with Crippen LogP contribution in [-0.2, 0) is 9.53 Å². The lowest BCUT2D eigenvalue weighted by atomic mass is 10.1. The summed E-state index contributed by atoms with van der Waals surface area (Å²) in [7, 11) is 3.33. The average molecular weight is 276 g/mol. The van der Waals surface area contributed by atoms with Gasteiger partial charge in [0, 0.05) is 25.9 Å². The fourth-order valence-corrected chi connectivity index (χ4v) is 1.50. The topological polar surface area (TPSA) is 58.6 Å². The van der Waals surface area contributed by atoms with Gasteiger partial charge in [0.2, 0.25) is 0 Å². The van der Waals surface area contributed by atoms with Crippen LogP contribution >= 0.6 is 0 Å². The van der Waals surface area contributed by atoms with E-state index in [4.69, 9.17) is 4.74 Å². The molecule has 0 aliphatic heterocycles. The quantitative estimate of drug-likeness (QED) is 0.679. The molecule has 2 amide bonds. The third-order valence-corrected chi connectivity index (χ3v) is 2.54. The van der Waals surface area contributed by atoms with Crippen molar-refractivity contribution in [2.75, 3.05) is 26.0 Å². The Labute approximate surface area is 119 Å². The molecule has 0 saturated carbocycles. The van der Waals surface area contributed by atoms with Crippen molar-refractivity contribution in [3.63, 3.8) is 0 Å². The first-order chi connectivity index (χ1) is 9.43. The highest BCUT2D eigenvalue weighted by molar-refractivity contribution is 5.93. The molecule has 5 heteroatoms. The number of rotatable bonds is 4. The molecule has 0 fully saturated rings. The summed E-state index contributed by atoms with van der Waals surface area (Å²) in [5.41, 5.74) is 2.43. The lowest BCUT2D eigenvalue weighted by Gasteiger charge is -2.14. The number of amides is 2. The molecule has 0 atom stereocenters. The van der Waals surface area contributed by atoms with E-state index in [2.05, 4.69) is 5.32 Å². The van der Waals surface area contributed by atoms with E-state index in [9.17, 15) is 9.59 Å². The highest BCUT2D eigenvalue weighted by atomic mass is 16.5. The van der Waals surface area contributed by atoms with Gasteiger partial charge in [0.15, 0.2) is 0 Å². The van der Waals surface area contributed by atoms with Crippen LogP contribution in [0, 0.1) is 6.92 Å². The zero-order valence-electron chi connectivity index (χ0n) is 12.3. The van der Waals surface area contributed by atoms with Crippen LogP contribution in [0.2, 0.25) is 0 Å². The summed E-state index contributed by atoms with van der Waals surface area (Å²) in [6.45, 7) is 4.02. The SMILES string of the molecule is CCOC(=O)C=Cc1ccc(C)cc1NC(=O)N(C)C. The predicted molar refractivity (Wildman–Crippen MR) is 79.6 cm³/mol. The number of hydrogen-bond acceptors (Lipinski definition) is 3. The zero-order valence-corrected chi connectivity index (χ0v) is 12.3. The van der Waals surface area contributed by atoms with E-state index in [1.54, 1.807) is 27.1 Å². The van der Waals surface area contributed by atoms with Crippen LogP contribution < -0.4 is 5.32 Å². The van der Waals surface area contributed by atoms with Crippen molar-refractivity contribution >= 4 is 23.8 Å². The minimum atomic E-state index is -0.405. The third-order valence-electron chi connectivity index (χ3n) is 2.54. The van der Waals surface area contributed by atoms with Gasteiger partial charge in [-0.1, -0.05) is 12.1 Å². The number of hydrogen-bond donors (Lipinski definition) is 1. The molecule has 0 aliphatic carbocycles. The number of nitrogens with one attached hydrogen (secondary N) is 1. The summed E-state index contributed by atoms with van der Waals surface area (Å²) >= 11 is 0. The molecule has 1 N–H and O–H groups in total. The summed E-state index contributed by atoms with van der Waals surface area (Å²) < 4.78 is 4.83. The number of nitrogens with zero attached hydrogens (tertiary/aromatic N) is 1. The Morgan fingerprint density at radius 2 is 2.05 bits per heavy atom. The first-order valence-corrected chi connectivity index (χ1v) is 6.37. The van der Waals surface area contributed by atoms with Gasteiger partial charge < -0.3 is 15.0 Å². The van der Waals surface area contributed by atoms with E-state index >= 15 is 0 Å². The number of aryl methyl sites for hydroxylation is 1. The van der Waals surface area contributed by atoms with Crippen molar-refractivity contribution in [1.29, 1.82) is 0 Å². The van der Waals surface area contributed by atoms with Crippen LogP contribution in [0.25, 0.3) is 6.08 Å². The molecule has 0 unspecified atom stereocenters. The molecule has 0 aliphatic rings. The van der Waals surface area contributed by atoms with Crippen molar-refractivity contribution in [3.8, 4) is 0 Å². The maximum atomic E-state index is 11.7. The van der Waals surface area contributed by atoms with Gasteiger partial charge in [-0.2, -0.15) is 0 Å². The Kier molecular flexibility index (Phi) is 5.77. The summed E-state index contributed by atoms with van der Waals surface area (Å²) in [6, 6.07) is 5.39. The second kappa shape index (κ2) is 7.33. The highest BCUT2D eigenvalue weighted by Crippen LogP contribution is 2.19. The second-order valence-electron chi connectivity index (χ2n) is 4.50. The van der Waals surface area contributed by atoms with Crippen molar-refractivity contribution in [2.45, 2.75) is 13.8 Å². The molecule has 108 valence electrons. The molecule has 0 radical (unpaired) electrons. The normalized spacial score (nSPS) is 10.4. The molecule has 0 bridgehead atoms. The van der Waals surface area contributed by atoms with Crippen LogP contribution in [0.3, 0.4) is 0 Å². The van der Waals surface area contributed by atoms with Gasteiger partial charge in [-0.3, -0.25) is 0 Å². The Morgan fingerprint density at radius 3 is 2.65 bits per heavy atom. The van der Waals surface area contributed by atoms with Crippen LogP contribution in [0.1, 0.15) is 18.1 Å². The number of urea groups is 1. The zero-order chi connectivity index (χ0) is 15.1. The minimum Gasteiger partial charge on any atom is -0.463 e. The molecule has 0 saturated heterocycles. The predicted octanol–water partition coefficient (Wildman–Crippen LogP) is 2.66. The number of esters is 1. The van der Waals surface area contributed by atoms with E-state index in [1.807, 2.05) is 25.1 Å². The van der Waals surface area contributed by atoms with E-state index in [1.165, 1.54) is 11.0 Å². The van der Waals surface area contributed by atoms with Crippen molar-refractivity contribution in [2.24, 2.45) is 0 Å². The van der Waals surface area contributed by atoms with Gasteiger partial charge in [-0.05, 0) is 37.1 Å². The number of anilines is 1. The van der Waals surface area contributed by atoms with Gasteiger partial charge in [-0.25, -0.2) is 9.59 Å². The Balaban J connectivity index is 2.95. The molecule has 1 rings (SSSR count). The number of benzene rings is 1. The average Bonchev–Trinajstić information content (AvgIpc) is 2.38. The minimum absolute atomic E-state index is 0.221. The van der Waals surface area contributed by atoms with Crippen LogP contribution in [0.4, 0.5) is 10.5 Å². The highest BCUT2D eigenvalue weighted by Gasteiger charge is 2.07. The van der Waals surface area contributed by atoms with Crippen LogP contribution in [0.15, 0.2) is 24.3 Å². The Hall–Kier alpha value is -2.30. The monoisotopic (exact) mass is 276 g/mol. The molecule has 5 nitrogen and oxygen atoms in total. The lowest BCUT2D eigenvalue weighted by Crippen LogP contribution is -2.27. The molecular weight excluding hydrogens is 256 g/mol.